The summed E-state index contributed by atoms with van der Waals surface area (Å²) in [5.41, 5.74) is -1.36. The molecule has 0 atom stereocenters. The van der Waals surface area contributed by atoms with Crippen molar-refractivity contribution in [2.45, 2.75) is 52.2 Å². The van der Waals surface area contributed by atoms with E-state index in [1.54, 1.807) is 27.7 Å². The van der Waals surface area contributed by atoms with Crippen molar-refractivity contribution in [2.24, 2.45) is 0 Å². The predicted molar refractivity (Wildman–Crippen MR) is 59.7 cm³/mol. The van der Waals surface area contributed by atoms with Crippen LogP contribution in [0.5, 0.6) is 0 Å². The van der Waals surface area contributed by atoms with Gasteiger partial charge in [0.2, 0.25) is 0 Å². The van der Waals surface area contributed by atoms with Crippen LogP contribution in [0.3, 0.4) is 0 Å². The van der Waals surface area contributed by atoms with Gasteiger partial charge >= 0.3 is 5.97 Å². The third-order valence-corrected chi connectivity index (χ3v) is 1.23. The second-order valence-corrected chi connectivity index (χ2v) is 4.89. The van der Waals surface area contributed by atoms with E-state index in [2.05, 4.69) is 6.58 Å². The standard InChI is InChI=1S/C7H16O2.C4H6O2/c1-6(2,8)5-7(3,4)9;1-3(2)4(5)6/h8-9H,5H2,1-4H3;1H2,2H3,(H,5,6). The first-order chi connectivity index (χ1) is 6.35. The Morgan fingerprint density at radius 3 is 1.33 bits per heavy atom. The van der Waals surface area contributed by atoms with Crippen molar-refractivity contribution >= 4 is 5.97 Å². The van der Waals surface area contributed by atoms with Crippen LogP contribution in [0.25, 0.3) is 0 Å². The molecule has 0 saturated heterocycles. The smallest absolute Gasteiger partial charge is 0.330 e. The normalized spacial score (nSPS) is 11.4. The molecule has 0 aromatic rings. The third-order valence-electron chi connectivity index (χ3n) is 1.23. The van der Waals surface area contributed by atoms with Crippen LogP contribution in [0, 0.1) is 0 Å². The average Bonchev–Trinajstić information content (AvgIpc) is 1.78. The minimum Gasteiger partial charge on any atom is -0.478 e. The zero-order valence-corrected chi connectivity index (χ0v) is 10.2. The van der Waals surface area contributed by atoms with Gasteiger partial charge in [-0.15, -0.1) is 0 Å². The SMILES string of the molecule is C=C(C)C(=O)O.CC(C)(O)CC(C)(C)O. The van der Waals surface area contributed by atoms with E-state index in [1.165, 1.54) is 6.92 Å². The molecule has 90 valence electrons. The van der Waals surface area contributed by atoms with Gasteiger partial charge in [-0.3, -0.25) is 0 Å². The summed E-state index contributed by atoms with van der Waals surface area (Å²) < 4.78 is 0. The molecule has 4 nitrogen and oxygen atoms in total. The summed E-state index contributed by atoms with van der Waals surface area (Å²) in [6, 6.07) is 0. The first-order valence-electron chi connectivity index (χ1n) is 4.69. The summed E-state index contributed by atoms with van der Waals surface area (Å²) in [6.45, 7) is 11.3. The van der Waals surface area contributed by atoms with Crippen LogP contribution in [0.15, 0.2) is 12.2 Å². The Balaban J connectivity index is 0. The van der Waals surface area contributed by atoms with E-state index in [9.17, 15) is 15.0 Å². The van der Waals surface area contributed by atoms with Crippen molar-refractivity contribution in [1.29, 1.82) is 0 Å². The first-order valence-corrected chi connectivity index (χ1v) is 4.69. The predicted octanol–water partition coefficient (Wildman–Crippen LogP) is 1.57. The molecule has 0 unspecified atom stereocenters. The molecule has 3 N–H and O–H groups in total. The largest absolute Gasteiger partial charge is 0.478 e. The van der Waals surface area contributed by atoms with Crippen LogP contribution in [0.1, 0.15) is 41.0 Å². The highest BCUT2D eigenvalue weighted by atomic mass is 16.4. The van der Waals surface area contributed by atoms with Gasteiger partial charge in [0.25, 0.3) is 0 Å². The lowest BCUT2D eigenvalue weighted by atomic mass is 9.93. The molecule has 0 radical (unpaired) electrons. The molecular formula is C11H22O4. The number of aliphatic hydroxyl groups is 2. The number of hydrogen-bond donors (Lipinski definition) is 3. The maximum atomic E-state index is 9.60. The monoisotopic (exact) mass is 218 g/mol. The van der Waals surface area contributed by atoms with Gasteiger partial charge in [-0.05, 0) is 34.6 Å². The zero-order valence-electron chi connectivity index (χ0n) is 10.2. The lowest BCUT2D eigenvalue weighted by Gasteiger charge is -2.26. The Morgan fingerprint density at radius 1 is 1.13 bits per heavy atom. The van der Waals surface area contributed by atoms with Gasteiger partial charge in [-0.2, -0.15) is 0 Å². The van der Waals surface area contributed by atoms with Crippen molar-refractivity contribution in [3.8, 4) is 0 Å². The van der Waals surface area contributed by atoms with Crippen molar-refractivity contribution in [3.63, 3.8) is 0 Å². The topological polar surface area (TPSA) is 77.8 Å². The van der Waals surface area contributed by atoms with Gasteiger partial charge in [-0.25, -0.2) is 4.79 Å². The number of rotatable bonds is 3. The Bertz CT molecular complexity index is 194. The van der Waals surface area contributed by atoms with E-state index >= 15 is 0 Å². The van der Waals surface area contributed by atoms with Gasteiger partial charge in [-0.1, -0.05) is 6.58 Å². The second-order valence-electron chi connectivity index (χ2n) is 4.89. The Labute approximate surface area is 91.2 Å². The summed E-state index contributed by atoms with van der Waals surface area (Å²) in [5, 5.41) is 26.3. The van der Waals surface area contributed by atoms with Gasteiger partial charge in [0.15, 0.2) is 0 Å². The molecule has 0 bridgehead atoms. The van der Waals surface area contributed by atoms with Gasteiger partial charge in [0, 0.05) is 12.0 Å². The zero-order chi connectivity index (χ0) is 12.9. The molecule has 0 aliphatic heterocycles. The number of aliphatic carboxylic acids is 1. The lowest BCUT2D eigenvalue weighted by molar-refractivity contribution is -0.132. The average molecular weight is 218 g/mol. The van der Waals surface area contributed by atoms with Crippen LogP contribution >= 0.6 is 0 Å². The van der Waals surface area contributed by atoms with Crippen molar-refractivity contribution in [1.82, 2.24) is 0 Å². The van der Waals surface area contributed by atoms with E-state index in [0.29, 0.717) is 6.42 Å². The molecule has 0 aromatic heterocycles. The Kier molecular flexibility index (Phi) is 6.49. The van der Waals surface area contributed by atoms with Crippen LogP contribution < -0.4 is 0 Å². The van der Waals surface area contributed by atoms with Gasteiger partial charge < -0.3 is 15.3 Å². The number of carboxylic acid groups (broad SMARTS) is 1. The summed E-state index contributed by atoms with van der Waals surface area (Å²) in [4.78, 5) is 9.60. The van der Waals surface area contributed by atoms with Crippen molar-refractivity contribution < 1.29 is 20.1 Å². The quantitative estimate of drug-likeness (QED) is 0.628. The fourth-order valence-corrected chi connectivity index (χ4v) is 1.06. The maximum absolute atomic E-state index is 9.60. The summed E-state index contributed by atoms with van der Waals surface area (Å²) in [6.07, 6.45) is 0.403. The van der Waals surface area contributed by atoms with E-state index in [4.69, 9.17) is 5.11 Å². The fraction of sp³-hybridized carbons (Fsp3) is 0.727. The summed E-state index contributed by atoms with van der Waals surface area (Å²) in [5.74, 6) is -0.935. The highest BCUT2D eigenvalue weighted by Crippen LogP contribution is 2.18. The molecule has 0 fully saturated rings. The number of carbonyl (C=O) groups is 1. The van der Waals surface area contributed by atoms with Gasteiger partial charge in [0.05, 0.1) is 11.2 Å². The molecule has 0 aliphatic rings. The highest BCUT2D eigenvalue weighted by Gasteiger charge is 2.23. The van der Waals surface area contributed by atoms with E-state index in [1.807, 2.05) is 0 Å². The van der Waals surface area contributed by atoms with E-state index in [-0.39, 0.29) is 5.57 Å². The summed E-state index contributed by atoms with van der Waals surface area (Å²) >= 11 is 0. The first kappa shape index (κ1) is 16.6. The van der Waals surface area contributed by atoms with Gasteiger partial charge in [0.1, 0.15) is 0 Å². The highest BCUT2D eigenvalue weighted by molar-refractivity contribution is 5.84. The Morgan fingerprint density at radius 2 is 1.33 bits per heavy atom. The van der Waals surface area contributed by atoms with Crippen molar-refractivity contribution in [3.05, 3.63) is 12.2 Å². The molecule has 0 aliphatic carbocycles. The second kappa shape index (κ2) is 5.88. The molecule has 0 spiro atoms. The van der Waals surface area contributed by atoms with Crippen LogP contribution in [-0.4, -0.2) is 32.5 Å². The molecule has 0 rings (SSSR count). The molecule has 0 heterocycles. The molecule has 0 saturated carbocycles. The molecule has 15 heavy (non-hydrogen) atoms. The molecule has 0 aromatic carbocycles. The van der Waals surface area contributed by atoms with Crippen molar-refractivity contribution in [2.75, 3.05) is 0 Å². The number of carboxylic acids is 1. The van der Waals surface area contributed by atoms with Crippen LogP contribution in [0.4, 0.5) is 0 Å². The van der Waals surface area contributed by atoms with E-state index < -0.39 is 17.2 Å². The molecule has 0 amide bonds. The Hall–Kier alpha value is -0.870. The minimum absolute atomic E-state index is 0.176. The lowest BCUT2D eigenvalue weighted by Crippen LogP contribution is -2.32. The minimum atomic E-state index is -0.935. The molecule has 4 heteroatoms. The van der Waals surface area contributed by atoms with Crippen LogP contribution in [-0.2, 0) is 4.79 Å². The fourth-order valence-electron chi connectivity index (χ4n) is 1.06. The number of hydrogen-bond acceptors (Lipinski definition) is 3. The third kappa shape index (κ3) is 19.5. The van der Waals surface area contributed by atoms with Crippen LogP contribution in [0.2, 0.25) is 0 Å². The molecular weight excluding hydrogens is 196 g/mol. The summed E-state index contributed by atoms with van der Waals surface area (Å²) in [7, 11) is 0. The van der Waals surface area contributed by atoms with E-state index in [0.717, 1.165) is 0 Å². The maximum Gasteiger partial charge on any atom is 0.330 e.